The fourth-order valence-corrected chi connectivity index (χ4v) is 1.85. The van der Waals surface area contributed by atoms with E-state index in [2.05, 4.69) is 34.7 Å². The van der Waals surface area contributed by atoms with Crippen molar-refractivity contribution in [1.29, 1.82) is 0 Å². The second kappa shape index (κ2) is 1.70. The predicted octanol–water partition coefficient (Wildman–Crippen LogP) is 1.21. The highest BCUT2D eigenvalue weighted by Gasteiger charge is 2.19. The van der Waals surface area contributed by atoms with Gasteiger partial charge in [0.1, 0.15) is 0 Å². The van der Waals surface area contributed by atoms with Gasteiger partial charge in [0.05, 0.1) is 11.7 Å². The molecule has 0 spiro atoms. The van der Waals surface area contributed by atoms with Gasteiger partial charge in [0, 0.05) is 19.4 Å². The van der Waals surface area contributed by atoms with Crippen molar-refractivity contribution in [1.82, 2.24) is 9.80 Å². The smallest absolute Gasteiger partial charge is 0.0968 e. The molecule has 0 aliphatic carbocycles. The third-order valence-electron chi connectivity index (χ3n) is 1.42. The summed E-state index contributed by atoms with van der Waals surface area (Å²) in [6.45, 7) is 1.01. The van der Waals surface area contributed by atoms with Crippen LogP contribution >= 0.6 is 11.8 Å². The largest absolute Gasteiger partial charge is 0.360 e. The molecule has 0 aromatic heterocycles. The maximum atomic E-state index is 2.23. The summed E-state index contributed by atoms with van der Waals surface area (Å²) in [6.07, 6.45) is 4.27. The number of nitrogens with zero attached hydrogens (tertiary/aromatic N) is 2. The molecule has 0 fully saturated rings. The van der Waals surface area contributed by atoms with Gasteiger partial charge < -0.3 is 9.80 Å². The Morgan fingerprint density at radius 2 is 2.56 bits per heavy atom. The highest BCUT2D eigenvalue weighted by molar-refractivity contribution is 8.06. The average Bonchev–Trinajstić information content (AvgIpc) is 2.22. The summed E-state index contributed by atoms with van der Waals surface area (Å²) in [7, 11) is 2.08. The third kappa shape index (κ3) is 0.721. The molecule has 0 aromatic carbocycles. The Hall–Kier alpha value is -0.570. The van der Waals surface area contributed by atoms with Crippen molar-refractivity contribution >= 4 is 11.8 Å². The van der Waals surface area contributed by atoms with Crippen molar-refractivity contribution < 1.29 is 0 Å². The fraction of sp³-hybridized carbons (Fsp3) is 0.333. The van der Waals surface area contributed by atoms with Crippen molar-refractivity contribution in [2.75, 3.05) is 13.7 Å². The Labute approximate surface area is 58.8 Å². The molecule has 0 amide bonds. The number of fused-ring (bicyclic) bond motifs is 1. The molecule has 2 rings (SSSR count). The first-order valence-corrected chi connectivity index (χ1v) is 3.76. The van der Waals surface area contributed by atoms with Gasteiger partial charge in [0.15, 0.2) is 0 Å². The van der Waals surface area contributed by atoms with E-state index in [1.54, 1.807) is 11.8 Å². The van der Waals surface area contributed by atoms with Crippen LogP contribution in [0, 0.1) is 0 Å². The van der Waals surface area contributed by atoms with Crippen LogP contribution in [0.1, 0.15) is 0 Å². The molecule has 2 aliphatic rings. The van der Waals surface area contributed by atoms with Crippen molar-refractivity contribution in [3.8, 4) is 0 Å². The normalized spacial score (nSPS) is 23.0. The maximum absolute atomic E-state index is 2.23. The molecule has 2 nitrogen and oxygen atoms in total. The first-order valence-electron chi connectivity index (χ1n) is 2.88. The van der Waals surface area contributed by atoms with Crippen molar-refractivity contribution in [3.63, 3.8) is 0 Å². The van der Waals surface area contributed by atoms with Gasteiger partial charge in [-0.2, -0.15) is 0 Å². The van der Waals surface area contributed by atoms with Gasteiger partial charge in [-0.3, -0.25) is 0 Å². The molecule has 0 saturated carbocycles. The second-order valence-electron chi connectivity index (χ2n) is 2.24. The molecule has 0 atom stereocenters. The lowest BCUT2D eigenvalue weighted by molar-refractivity contribution is 0.363. The van der Waals surface area contributed by atoms with E-state index < -0.39 is 0 Å². The van der Waals surface area contributed by atoms with Crippen LogP contribution in [0.25, 0.3) is 0 Å². The molecule has 0 aromatic rings. The average molecular weight is 140 g/mol. The summed E-state index contributed by atoms with van der Waals surface area (Å²) in [5.41, 5.74) is 0. The Bertz CT molecular complexity index is 185. The van der Waals surface area contributed by atoms with Crippen LogP contribution in [-0.4, -0.2) is 23.5 Å². The maximum Gasteiger partial charge on any atom is 0.0968 e. The first-order chi connectivity index (χ1) is 4.36. The second-order valence-corrected chi connectivity index (χ2v) is 3.16. The summed E-state index contributed by atoms with van der Waals surface area (Å²) < 4.78 is 0. The van der Waals surface area contributed by atoms with Gasteiger partial charge >= 0.3 is 0 Å². The lowest BCUT2D eigenvalue weighted by atomic mass is 10.8. The van der Waals surface area contributed by atoms with Gasteiger partial charge in [-0.15, -0.1) is 0 Å². The molecule has 0 N–H and O–H groups in total. The molecule has 0 bridgehead atoms. The van der Waals surface area contributed by atoms with Crippen molar-refractivity contribution in [2.24, 2.45) is 0 Å². The summed E-state index contributed by atoms with van der Waals surface area (Å²) >= 11 is 1.78. The van der Waals surface area contributed by atoms with Crippen LogP contribution in [-0.2, 0) is 0 Å². The molecule has 2 heterocycles. The predicted molar refractivity (Wildman–Crippen MR) is 39.3 cm³/mol. The van der Waals surface area contributed by atoms with Crippen molar-refractivity contribution in [3.05, 3.63) is 22.8 Å². The van der Waals surface area contributed by atoms with E-state index in [0.29, 0.717) is 0 Å². The van der Waals surface area contributed by atoms with E-state index in [-0.39, 0.29) is 0 Å². The van der Waals surface area contributed by atoms with E-state index in [0.717, 1.165) is 6.67 Å². The van der Waals surface area contributed by atoms with Gasteiger partial charge in [0.25, 0.3) is 0 Å². The molecule has 0 unspecified atom stereocenters. The SMILES string of the molecule is CN1C=C2SC=CN2C1. The summed E-state index contributed by atoms with van der Waals surface area (Å²) in [5, 5.41) is 3.45. The van der Waals surface area contributed by atoms with Gasteiger partial charge in [-0.05, 0) is 5.41 Å². The number of thioether (sulfide) groups is 1. The van der Waals surface area contributed by atoms with Crippen LogP contribution in [0.4, 0.5) is 0 Å². The zero-order valence-corrected chi connectivity index (χ0v) is 6.06. The molecule has 3 heteroatoms. The zero-order valence-electron chi connectivity index (χ0n) is 5.24. The Morgan fingerprint density at radius 1 is 1.67 bits per heavy atom. The molecule has 48 valence electrons. The summed E-state index contributed by atoms with van der Waals surface area (Å²) in [5.74, 6) is 0. The Kier molecular flexibility index (Phi) is 0.990. The number of rotatable bonds is 0. The Balaban J connectivity index is 2.23. The lowest BCUT2D eigenvalue weighted by Gasteiger charge is -2.11. The van der Waals surface area contributed by atoms with E-state index >= 15 is 0 Å². The van der Waals surface area contributed by atoms with Crippen LogP contribution in [0.3, 0.4) is 0 Å². The quantitative estimate of drug-likeness (QED) is 0.499. The highest BCUT2D eigenvalue weighted by atomic mass is 32.2. The monoisotopic (exact) mass is 140 g/mol. The molecule has 0 radical (unpaired) electrons. The summed E-state index contributed by atoms with van der Waals surface area (Å²) in [6, 6.07) is 0. The van der Waals surface area contributed by atoms with E-state index in [1.165, 1.54) is 5.03 Å². The minimum absolute atomic E-state index is 1.01. The minimum atomic E-state index is 1.01. The van der Waals surface area contributed by atoms with Crippen LogP contribution in [0.5, 0.6) is 0 Å². The molecule has 9 heavy (non-hydrogen) atoms. The zero-order chi connectivity index (χ0) is 6.27. The topological polar surface area (TPSA) is 6.48 Å². The van der Waals surface area contributed by atoms with Gasteiger partial charge in [0.2, 0.25) is 0 Å². The van der Waals surface area contributed by atoms with E-state index in [4.69, 9.17) is 0 Å². The molecular formula is C6H8N2S. The number of hydrogen-bond donors (Lipinski definition) is 0. The minimum Gasteiger partial charge on any atom is -0.360 e. The van der Waals surface area contributed by atoms with E-state index in [1.807, 2.05) is 0 Å². The third-order valence-corrected chi connectivity index (χ3v) is 2.26. The van der Waals surface area contributed by atoms with Crippen LogP contribution in [0.15, 0.2) is 22.8 Å². The standard InChI is InChI=1S/C6H8N2S/c1-7-4-6-8(5-7)2-3-9-6/h2-4H,5H2,1H3. The molecule has 0 saturated heterocycles. The van der Waals surface area contributed by atoms with Gasteiger partial charge in [-0.25, -0.2) is 0 Å². The Morgan fingerprint density at radius 3 is 3.33 bits per heavy atom. The van der Waals surface area contributed by atoms with Crippen LogP contribution in [0.2, 0.25) is 0 Å². The van der Waals surface area contributed by atoms with Gasteiger partial charge in [-0.1, -0.05) is 11.8 Å². The van der Waals surface area contributed by atoms with E-state index in [9.17, 15) is 0 Å². The molecular weight excluding hydrogens is 132 g/mol. The van der Waals surface area contributed by atoms with Crippen molar-refractivity contribution in [2.45, 2.75) is 0 Å². The summed E-state index contributed by atoms with van der Waals surface area (Å²) in [4.78, 5) is 4.40. The van der Waals surface area contributed by atoms with Crippen LogP contribution < -0.4 is 0 Å². The molecule has 2 aliphatic heterocycles. The lowest BCUT2D eigenvalue weighted by Crippen LogP contribution is -2.17. The highest BCUT2D eigenvalue weighted by Crippen LogP contribution is 2.32. The fourth-order valence-electron chi connectivity index (χ4n) is 1.01. The number of hydrogen-bond acceptors (Lipinski definition) is 3. The first kappa shape index (κ1) is 5.23.